The number of anilines is 3. The quantitative estimate of drug-likeness (QED) is 0.723. The number of hydrogen-bond donors (Lipinski definition) is 1. The van der Waals surface area contributed by atoms with E-state index >= 15 is 0 Å². The summed E-state index contributed by atoms with van der Waals surface area (Å²) in [7, 11) is 0. The van der Waals surface area contributed by atoms with Crippen molar-refractivity contribution in [1.29, 1.82) is 0 Å². The van der Waals surface area contributed by atoms with Gasteiger partial charge in [-0.15, -0.1) is 0 Å². The molecule has 2 fully saturated rings. The topological polar surface area (TPSA) is 80.2 Å². The summed E-state index contributed by atoms with van der Waals surface area (Å²) in [5.41, 5.74) is 3.96. The highest BCUT2D eigenvalue weighted by molar-refractivity contribution is 7.10. The Morgan fingerprint density at radius 2 is 2.19 bits per heavy atom. The van der Waals surface area contributed by atoms with E-state index in [0.29, 0.717) is 18.5 Å². The Morgan fingerprint density at radius 3 is 2.93 bits per heavy atom. The Bertz CT molecular complexity index is 1050. The van der Waals surface area contributed by atoms with Crippen LogP contribution in [0.25, 0.3) is 10.9 Å². The van der Waals surface area contributed by atoms with Crippen LogP contribution in [0.15, 0.2) is 24.4 Å². The fourth-order valence-electron chi connectivity index (χ4n) is 3.52. The number of fused-ring (bicyclic) bond motifs is 1. The van der Waals surface area contributed by atoms with E-state index in [9.17, 15) is 4.79 Å². The molecule has 0 bridgehead atoms. The van der Waals surface area contributed by atoms with E-state index in [4.69, 9.17) is 4.74 Å². The molecule has 1 aromatic carbocycles. The van der Waals surface area contributed by atoms with Crippen molar-refractivity contribution in [2.24, 2.45) is 0 Å². The third-order valence-electron chi connectivity index (χ3n) is 5.05. The van der Waals surface area contributed by atoms with E-state index in [1.807, 2.05) is 25.1 Å². The van der Waals surface area contributed by atoms with Crippen molar-refractivity contribution in [2.75, 3.05) is 16.8 Å². The van der Waals surface area contributed by atoms with Gasteiger partial charge in [-0.05, 0) is 62.3 Å². The predicted molar refractivity (Wildman–Crippen MR) is 105 cm³/mol. The lowest BCUT2D eigenvalue weighted by molar-refractivity contribution is 0.179. The molecule has 138 valence electrons. The Hall–Kier alpha value is -2.74. The van der Waals surface area contributed by atoms with Gasteiger partial charge in [0.2, 0.25) is 5.95 Å². The van der Waals surface area contributed by atoms with Crippen LogP contribution in [0.5, 0.6) is 0 Å². The molecular formula is C19H19N5O2S. The highest BCUT2D eigenvalue weighted by Gasteiger charge is 2.31. The molecule has 1 aliphatic carbocycles. The van der Waals surface area contributed by atoms with Crippen LogP contribution in [-0.4, -0.2) is 33.1 Å². The number of amides is 1. The number of benzene rings is 1. The van der Waals surface area contributed by atoms with Gasteiger partial charge in [0.05, 0.1) is 17.3 Å². The molecule has 27 heavy (non-hydrogen) atoms. The van der Waals surface area contributed by atoms with Gasteiger partial charge in [0.1, 0.15) is 11.6 Å². The summed E-state index contributed by atoms with van der Waals surface area (Å²) in [6.07, 6.45) is 3.92. The largest absolute Gasteiger partial charge is 0.447 e. The molecule has 7 nitrogen and oxygen atoms in total. The fourth-order valence-corrected chi connectivity index (χ4v) is 4.40. The molecule has 3 aromatic rings. The summed E-state index contributed by atoms with van der Waals surface area (Å²) in [4.78, 5) is 22.8. The maximum absolute atomic E-state index is 12.0. The molecule has 1 aliphatic heterocycles. The van der Waals surface area contributed by atoms with Gasteiger partial charge >= 0.3 is 6.09 Å². The van der Waals surface area contributed by atoms with Crippen molar-refractivity contribution in [1.82, 2.24) is 14.3 Å². The standard InChI is InChI=1S/C19H19N5O2S/c1-10-9-26-19(25)24(10)14-6-5-13-8-20-18(21-15(13)7-14)22-17-16(12-3-4-12)11(2)23-27-17/h5-8,10,12H,3-4,9H2,1-2H3,(H,20,21,22)/t10-/m0/s1. The van der Waals surface area contributed by atoms with Crippen molar-refractivity contribution < 1.29 is 9.53 Å². The van der Waals surface area contributed by atoms with Crippen LogP contribution in [-0.2, 0) is 4.74 Å². The minimum atomic E-state index is -0.316. The van der Waals surface area contributed by atoms with Gasteiger partial charge in [0, 0.05) is 22.8 Å². The molecule has 1 atom stereocenters. The first-order chi connectivity index (χ1) is 13.1. The number of aryl methyl sites for hydroxylation is 1. The van der Waals surface area contributed by atoms with Crippen molar-refractivity contribution in [3.63, 3.8) is 0 Å². The number of hydrogen-bond acceptors (Lipinski definition) is 7. The Labute approximate surface area is 160 Å². The maximum atomic E-state index is 12.0. The van der Waals surface area contributed by atoms with Crippen molar-refractivity contribution >= 4 is 45.2 Å². The zero-order valence-electron chi connectivity index (χ0n) is 15.1. The summed E-state index contributed by atoms with van der Waals surface area (Å²) in [5.74, 6) is 1.16. The number of rotatable bonds is 4. The number of carbonyl (C=O) groups excluding carboxylic acids is 1. The minimum absolute atomic E-state index is 0.00986. The number of nitrogens with one attached hydrogen (secondary N) is 1. The fraction of sp³-hybridized carbons (Fsp3) is 0.368. The minimum Gasteiger partial charge on any atom is -0.447 e. The summed E-state index contributed by atoms with van der Waals surface area (Å²) < 4.78 is 9.61. The molecule has 1 N–H and O–H groups in total. The molecule has 2 aliphatic rings. The monoisotopic (exact) mass is 381 g/mol. The van der Waals surface area contributed by atoms with Crippen molar-refractivity contribution in [3.8, 4) is 0 Å². The zero-order valence-corrected chi connectivity index (χ0v) is 15.9. The first kappa shape index (κ1) is 16.4. The highest BCUT2D eigenvalue weighted by Crippen LogP contribution is 2.46. The lowest BCUT2D eigenvalue weighted by Gasteiger charge is -2.18. The van der Waals surface area contributed by atoms with E-state index in [2.05, 4.69) is 26.6 Å². The molecule has 0 spiro atoms. The number of ether oxygens (including phenoxy) is 1. The second kappa shape index (κ2) is 6.16. The average Bonchev–Trinajstić information content (AvgIpc) is 3.35. The number of carbonyl (C=O) groups is 1. The van der Waals surface area contributed by atoms with Gasteiger partial charge < -0.3 is 10.1 Å². The van der Waals surface area contributed by atoms with Crippen LogP contribution in [0.1, 0.15) is 36.9 Å². The summed E-state index contributed by atoms with van der Waals surface area (Å²) in [6.45, 7) is 4.43. The zero-order chi connectivity index (χ0) is 18.5. The normalized spacial score (nSPS) is 19.6. The van der Waals surface area contributed by atoms with Crippen LogP contribution in [0, 0.1) is 6.92 Å². The van der Waals surface area contributed by atoms with Gasteiger partial charge in [-0.2, -0.15) is 4.37 Å². The first-order valence-electron chi connectivity index (χ1n) is 9.06. The van der Waals surface area contributed by atoms with E-state index in [-0.39, 0.29) is 12.1 Å². The van der Waals surface area contributed by atoms with E-state index in [1.165, 1.54) is 29.9 Å². The first-order valence-corrected chi connectivity index (χ1v) is 9.83. The lowest BCUT2D eigenvalue weighted by Crippen LogP contribution is -2.30. The van der Waals surface area contributed by atoms with Crippen LogP contribution in [0.4, 0.5) is 21.4 Å². The van der Waals surface area contributed by atoms with Gasteiger partial charge in [-0.25, -0.2) is 14.8 Å². The molecule has 1 amide bonds. The number of aromatic nitrogens is 3. The predicted octanol–water partition coefficient (Wildman–Crippen LogP) is 4.36. The maximum Gasteiger partial charge on any atom is 0.414 e. The lowest BCUT2D eigenvalue weighted by atomic mass is 10.1. The highest BCUT2D eigenvalue weighted by atomic mass is 32.1. The second-order valence-electron chi connectivity index (χ2n) is 7.14. The van der Waals surface area contributed by atoms with Crippen LogP contribution < -0.4 is 10.2 Å². The van der Waals surface area contributed by atoms with Gasteiger partial charge in [-0.3, -0.25) is 4.90 Å². The van der Waals surface area contributed by atoms with Crippen molar-refractivity contribution in [3.05, 3.63) is 35.7 Å². The molecule has 8 heteroatoms. The molecule has 0 radical (unpaired) electrons. The van der Waals surface area contributed by atoms with Crippen LogP contribution in [0.2, 0.25) is 0 Å². The summed E-state index contributed by atoms with van der Waals surface area (Å²) in [5, 5.41) is 5.30. The third-order valence-corrected chi connectivity index (χ3v) is 5.92. The SMILES string of the molecule is Cc1nsc(Nc2ncc3ccc(N4C(=O)OC[C@@H]4C)cc3n2)c1C1CC1. The van der Waals surface area contributed by atoms with E-state index in [0.717, 1.165) is 27.3 Å². The molecule has 1 saturated carbocycles. The van der Waals surface area contributed by atoms with Crippen LogP contribution in [0.3, 0.4) is 0 Å². The number of nitrogens with zero attached hydrogens (tertiary/aromatic N) is 4. The average molecular weight is 381 g/mol. The Morgan fingerprint density at radius 1 is 1.33 bits per heavy atom. The van der Waals surface area contributed by atoms with Gasteiger partial charge in [-0.1, -0.05) is 0 Å². The van der Waals surface area contributed by atoms with Crippen molar-refractivity contribution in [2.45, 2.75) is 38.6 Å². The van der Waals surface area contributed by atoms with Gasteiger partial charge in [0.15, 0.2) is 0 Å². The number of cyclic esters (lactones) is 1. The smallest absolute Gasteiger partial charge is 0.414 e. The summed E-state index contributed by atoms with van der Waals surface area (Å²) in [6, 6.07) is 5.75. The summed E-state index contributed by atoms with van der Waals surface area (Å²) >= 11 is 1.46. The van der Waals surface area contributed by atoms with Gasteiger partial charge in [0.25, 0.3) is 0 Å². The molecule has 2 aromatic heterocycles. The molecule has 3 heterocycles. The second-order valence-corrected chi connectivity index (χ2v) is 7.92. The Balaban J connectivity index is 1.48. The Kier molecular flexibility index (Phi) is 3.75. The van der Waals surface area contributed by atoms with Crippen LogP contribution >= 0.6 is 11.5 Å². The van der Waals surface area contributed by atoms with E-state index in [1.54, 1.807) is 11.1 Å². The molecular weight excluding hydrogens is 362 g/mol. The molecule has 0 unspecified atom stereocenters. The third kappa shape index (κ3) is 2.90. The molecule has 5 rings (SSSR count). The molecule has 1 saturated heterocycles. The van der Waals surface area contributed by atoms with E-state index < -0.39 is 0 Å².